The molecule has 15 heavy (non-hydrogen) atoms. The van der Waals surface area contributed by atoms with E-state index in [0.29, 0.717) is 0 Å². The summed E-state index contributed by atoms with van der Waals surface area (Å²) in [4.78, 5) is 1.34. The quantitative estimate of drug-likeness (QED) is 0.804. The first-order chi connectivity index (χ1) is 7.35. The van der Waals surface area contributed by atoms with E-state index in [1.807, 2.05) is 7.05 Å². The molecule has 0 radical (unpaired) electrons. The highest BCUT2D eigenvalue weighted by Crippen LogP contribution is 2.39. The summed E-state index contributed by atoms with van der Waals surface area (Å²) >= 11 is 1.78. The van der Waals surface area contributed by atoms with E-state index in [9.17, 15) is 0 Å². The normalized spacial score (nSPS) is 18.7. The van der Waals surface area contributed by atoms with Crippen LogP contribution in [0.4, 0.5) is 0 Å². The molecule has 1 aliphatic rings. The van der Waals surface area contributed by atoms with E-state index < -0.39 is 0 Å². The van der Waals surface area contributed by atoms with E-state index in [4.69, 9.17) is 4.74 Å². The van der Waals surface area contributed by atoms with Crippen molar-refractivity contribution in [3.63, 3.8) is 0 Å². The van der Waals surface area contributed by atoms with Crippen LogP contribution in [0.5, 0.6) is 0 Å². The topological polar surface area (TPSA) is 21.3 Å². The van der Waals surface area contributed by atoms with Crippen LogP contribution in [0.15, 0.2) is 17.5 Å². The molecular formula is C12H19NOS. The molecule has 1 N–H and O–H groups in total. The molecule has 1 aliphatic carbocycles. The van der Waals surface area contributed by atoms with Gasteiger partial charge in [-0.1, -0.05) is 6.07 Å². The van der Waals surface area contributed by atoms with Gasteiger partial charge in [0.1, 0.15) is 0 Å². The van der Waals surface area contributed by atoms with Gasteiger partial charge in [0.2, 0.25) is 0 Å². The van der Waals surface area contributed by atoms with Crippen molar-refractivity contribution in [2.45, 2.75) is 37.9 Å². The van der Waals surface area contributed by atoms with Gasteiger partial charge in [0.15, 0.2) is 0 Å². The van der Waals surface area contributed by atoms with Crippen LogP contribution >= 0.6 is 11.3 Å². The van der Waals surface area contributed by atoms with Gasteiger partial charge >= 0.3 is 0 Å². The monoisotopic (exact) mass is 225 g/mol. The highest BCUT2D eigenvalue weighted by molar-refractivity contribution is 7.09. The molecule has 0 saturated heterocycles. The summed E-state index contributed by atoms with van der Waals surface area (Å²) in [5.74, 6) is 0. The minimum Gasteiger partial charge on any atom is -0.369 e. The Balaban J connectivity index is 1.80. The number of hydrogen-bond donors (Lipinski definition) is 1. The van der Waals surface area contributed by atoms with Crippen molar-refractivity contribution in [2.24, 2.45) is 0 Å². The Hall–Kier alpha value is -0.380. The first kappa shape index (κ1) is 11.1. The predicted octanol–water partition coefficient (Wildman–Crippen LogP) is 2.80. The summed E-state index contributed by atoms with van der Waals surface area (Å²) in [6.45, 7) is 1.85. The van der Waals surface area contributed by atoms with E-state index >= 15 is 0 Å². The summed E-state index contributed by atoms with van der Waals surface area (Å²) in [6, 6.07) is 4.24. The molecule has 0 unspecified atom stereocenters. The summed E-state index contributed by atoms with van der Waals surface area (Å²) in [5, 5.41) is 5.32. The number of thiophene rings is 1. The van der Waals surface area contributed by atoms with E-state index in [-0.39, 0.29) is 5.60 Å². The lowest BCUT2D eigenvalue weighted by atomic mass is 9.77. The lowest BCUT2D eigenvalue weighted by Crippen LogP contribution is -2.42. The molecule has 0 bridgehead atoms. The molecule has 0 aromatic carbocycles. The van der Waals surface area contributed by atoms with Crippen LogP contribution in [0.3, 0.4) is 0 Å². The van der Waals surface area contributed by atoms with Gasteiger partial charge in [-0.25, -0.2) is 0 Å². The lowest BCUT2D eigenvalue weighted by Gasteiger charge is -2.41. The van der Waals surface area contributed by atoms with Crippen molar-refractivity contribution in [3.8, 4) is 0 Å². The predicted molar refractivity (Wildman–Crippen MR) is 64.2 cm³/mol. The minimum absolute atomic E-state index is 0.188. The second-order valence-electron chi connectivity index (χ2n) is 4.26. The molecule has 1 heterocycles. The molecule has 2 nitrogen and oxygen atoms in total. The average Bonchev–Trinajstić information content (AvgIpc) is 2.68. The Kier molecular flexibility index (Phi) is 3.78. The van der Waals surface area contributed by atoms with Gasteiger partial charge in [-0.2, -0.15) is 0 Å². The summed E-state index contributed by atoms with van der Waals surface area (Å²) < 4.78 is 6.08. The molecule has 0 spiro atoms. The molecule has 0 atom stereocenters. The molecule has 2 rings (SSSR count). The molecule has 1 aromatic heterocycles. The van der Waals surface area contributed by atoms with Crippen molar-refractivity contribution in [3.05, 3.63) is 22.4 Å². The molecule has 1 saturated carbocycles. The third-order valence-corrected chi connectivity index (χ3v) is 4.05. The SMILES string of the molecule is CNCCC1(OCc2cccs2)CCC1. The molecule has 1 aromatic rings. The molecule has 84 valence electrons. The van der Waals surface area contributed by atoms with Gasteiger partial charge in [-0.05, 0) is 50.7 Å². The maximum atomic E-state index is 6.08. The second-order valence-corrected chi connectivity index (χ2v) is 5.29. The lowest BCUT2D eigenvalue weighted by molar-refractivity contribution is -0.112. The Morgan fingerprint density at radius 3 is 2.93 bits per heavy atom. The van der Waals surface area contributed by atoms with Crippen molar-refractivity contribution in [1.29, 1.82) is 0 Å². The highest BCUT2D eigenvalue weighted by Gasteiger charge is 2.37. The van der Waals surface area contributed by atoms with Crippen molar-refractivity contribution in [2.75, 3.05) is 13.6 Å². The average molecular weight is 225 g/mol. The fourth-order valence-corrected chi connectivity index (χ4v) is 2.63. The van der Waals surface area contributed by atoms with Crippen LogP contribution in [-0.4, -0.2) is 19.2 Å². The summed E-state index contributed by atoms with van der Waals surface area (Å²) in [5.41, 5.74) is 0.188. The first-order valence-corrected chi connectivity index (χ1v) is 6.54. The van der Waals surface area contributed by atoms with Crippen LogP contribution < -0.4 is 5.32 Å². The van der Waals surface area contributed by atoms with Crippen LogP contribution in [0.2, 0.25) is 0 Å². The van der Waals surface area contributed by atoms with Gasteiger partial charge in [0.25, 0.3) is 0 Å². The van der Waals surface area contributed by atoms with E-state index in [1.165, 1.54) is 24.1 Å². The molecule has 0 amide bonds. The maximum absolute atomic E-state index is 6.08. The Morgan fingerprint density at radius 2 is 2.40 bits per heavy atom. The van der Waals surface area contributed by atoms with Crippen molar-refractivity contribution < 1.29 is 4.74 Å². The summed E-state index contributed by atoms with van der Waals surface area (Å²) in [6.07, 6.45) is 4.95. The third-order valence-electron chi connectivity index (χ3n) is 3.20. The van der Waals surface area contributed by atoms with Gasteiger partial charge in [-0.15, -0.1) is 11.3 Å². The fraction of sp³-hybridized carbons (Fsp3) is 0.667. The van der Waals surface area contributed by atoms with Gasteiger partial charge < -0.3 is 10.1 Å². The highest BCUT2D eigenvalue weighted by atomic mass is 32.1. The van der Waals surface area contributed by atoms with Crippen LogP contribution in [0, 0.1) is 0 Å². The molecular weight excluding hydrogens is 206 g/mol. The largest absolute Gasteiger partial charge is 0.369 e. The maximum Gasteiger partial charge on any atom is 0.0816 e. The van der Waals surface area contributed by atoms with Gasteiger partial charge in [-0.3, -0.25) is 0 Å². The van der Waals surface area contributed by atoms with Crippen LogP contribution in [0.25, 0.3) is 0 Å². The minimum atomic E-state index is 0.188. The number of ether oxygens (including phenoxy) is 1. The third kappa shape index (κ3) is 2.80. The zero-order valence-corrected chi connectivity index (χ0v) is 10.1. The fourth-order valence-electron chi connectivity index (χ4n) is 2.01. The number of hydrogen-bond acceptors (Lipinski definition) is 3. The molecule has 1 fully saturated rings. The zero-order chi connectivity index (χ0) is 10.6. The molecule has 3 heteroatoms. The van der Waals surface area contributed by atoms with E-state index in [0.717, 1.165) is 19.6 Å². The molecule has 0 aliphatic heterocycles. The van der Waals surface area contributed by atoms with Crippen molar-refractivity contribution in [1.82, 2.24) is 5.32 Å². The van der Waals surface area contributed by atoms with E-state index in [2.05, 4.69) is 22.8 Å². The number of rotatable bonds is 6. The second kappa shape index (κ2) is 5.10. The Morgan fingerprint density at radius 1 is 1.53 bits per heavy atom. The van der Waals surface area contributed by atoms with E-state index in [1.54, 1.807) is 11.3 Å². The van der Waals surface area contributed by atoms with Crippen molar-refractivity contribution >= 4 is 11.3 Å². The van der Waals surface area contributed by atoms with Gasteiger partial charge in [0.05, 0.1) is 12.2 Å². The number of nitrogens with one attached hydrogen (secondary N) is 1. The Labute approximate surface area is 95.6 Å². The van der Waals surface area contributed by atoms with Crippen LogP contribution in [0.1, 0.15) is 30.6 Å². The standard InChI is InChI=1S/C12H19NOS/c1-13-8-7-12(5-3-6-12)14-10-11-4-2-9-15-11/h2,4,9,13H,3,5-8,10H2,1H3. The van der Waals surface area contributed by atoms with Crippen LogP contribution in [-0.2, 0) is 11.3 Å². The van der Waals surface area contributed by atoms with Gasteiger partial charge in [0, 0.05) is 4.88 Å². The Bertz CT molecular complexity index is 280. The summed E-state index contributed by atoms with van der Waals surface area (Å²) in [7, 11) is 2.01. The smallest absolute Gasteiger partial charge is 0.0816 e. The first-order valence-electron chi connectivity index (χ1n) is 5.66. The zero-order valence-electron chi connectivity index (χ0n) is 9.29.